The first-order valence-electron chi connectivity index (χ1n) is 7.56. The molecule has 1 fully saturated rings. The van der Waals surface area contributed by atoms with E-state index in [1.807, 2.05) is 29.2 Å². The lowest BCUT2D eigenvalue weighted by molar-refractivity contribution is 0.328. The molecule has 0 saturated heterocycles. The van der Waals surface area contributed by atoms with Crippen LogP contribution in [0.3, 0.4) is 0 Å². The molecule has 0 spiro atoms. The molecule has 2 aromatic heterocycles. The largest absolute Gasteiger partial charge is 0.379 e. The summed E-state index contributed by atoms with van der Waals surface area (Å²) in [5.74, 6) is 1.65. The molecule has 1 unspecified atom stereocenters. The van der Waals surface area contributed by atoms with Crippen LogP contribution >= 0.6 is 0 Å². The van der Waals surface area contributed by atoms with Crippen LogP contribution in [0.5, 0.6) is 0 Å². The molecule has 0 aliphatic heterocycles. The molecule has 0 aromatic carbocycles. The normalized spacial score (nSPS) is 17.9. The van der Waals surface area contributed by atoms with E-state index in [0.717, 1.165) is 17.4 Å². The monoisotopic (exact) mass is 270 g/mol. The summed E-state index contributed by atoms with van der Waals surface area (Å²) in [5, 5.41) is 7.93. The highest BCUT2D eigenvalue weighted by Gasteiger charge is 2.20. The van der Waals surface area contributed by atoms with Crippen LogP contribution in [-0.4, -0.2) is 20.8 Å². The fourth-order valence-corrected chi connectivity index (χ4v) is 3.08. The standard InChI is InChI=1S/C16H22N4/c1-13(14-7-3-2-4-8-14)19-15-9-5-10-17-16(15)20-12-6-11-18-20/h5-6,9-14,19H,2-4,7-8H2,1H3. The van der Waals surface area contributed by atoms with Gasteiger partial charge in [0.1, 0.15) is 0 Å². The summed E-state index contributed by atoms with van der Waals surface area (Å²) in [7, 11) is 0. The van der Waals surface area contributed by atoms with Crippen LogP contribution in [0, 0.1) is 5.92 Å². The fourth-order valence-electron chi connectivity index (χ4n) is 3.08. The van der Waals surface area contributed by atoms with Gasteiger partial charge in [0, 0.05) is 24.6 Å². The summed E-state index contributed by atoms with van der Waals surface area (Å²) in [6.45, 7) is 2.29. The van der Waals surface area contributed by atoms with E-state index in [-0.39, 0.29) is 0 Å². The van der Waals surface area contributed by atoms with Gasteiger partial charge in [-0.1, -0.05) is 19.3 Å². The van der Waals surface area contributed by atoms with Gasteiger partial charge in [0.25, 0.3) is 0 Å². The Balaban J connectivity index is 1.77. The van der Waals surface area contributed by atoms with Crippen LogP contribution in [0.1, 0.15) is 39.0 Å². The summed E-state index contributed by atoms with van der Waals surface area (Å²) < 4.78 is 1.82. The number of rotatable bonds is 4. The number of aromatic nitrogens is 3. The molecule has 1 N–H and O–H groups in total. The van der Waals surface area contributed by atoms with Gasteiger partial charge in [-0.2, -0.15) is 5.10 Å². The average molecular weight is 270 g/mol. The third kappa shape index (κ3) is 2.84. The second-order valence-corrected chi connectivity index (χ2v) is 5.66. The minimum atomic E-state index is 0.480. The predicted molar refractivity (Wildman–Crippen MR) is 81.0 cm³/mol. The maximum atomic E-state index is 4.46. The van der Waals surface area contributed by atoms with Crippen LogP contribution < -0.4 is 5.32 Å². The number of nitrogens with one attached hydrogen (secondary N) is 1. The van der Waals surface area contributed by atoms with Gasteiger partial charge in [0.2, 0.25) is 0 Å². The maximum absolute atomic E-state index is 4.46. The van der Waals surface area contributed by atoms with Gasteiger partial charge < -0.3 is 5.32 Å². The number of hydrogen-bond acceptors (Lipinski definition) is 3. The molecule has 0 bridgehead atoms. The highest BCUT2D eigenvalue weighted by molar-refractivity contribution is 5.56. The summed E-state index contributed by atoms with van der Waals surface area (Å²) in [5.41, 5.74) is 1.06. The smallest absolute Gasteiger partial charge is 0.176 e. The van der Waals surface area contributed by atoms with Crippen LogP contribution in [-0.2, 0) is 0 Å². The lowest BCUT2D eigenvalue weighted by Crippen LogP contribution is -2.28. The molecule has 106 valence electrons. The molecule has 3 rings (SSSR count). The molecule has 4 heteroatoms. The van der Waals surface area contributed by atoms with Crippen molar-refractivity contribution in [3.63, 3.8) is 0 Å². The van der Waals surface area contributed by atoms with E-state index in [4.69, 9.17) is 0 Å². The number of pyridine rings is 1. The van der Waals surface area contributed by atoms with Crippen LogP contribution in [0.4, 0.5) is 5.69 Å². The zero-order valence-corrected chi connectivity index (χ0v) is 12.0. The van der Waals surface area contributed by atoms with Crippen molar-refractivity contribution in [3.8, 4) is 5.82 Å². The number of nitrogens with zero attached hydrogens (tertiary/aromatic N) is 3. The second kappa shape index (κ2) is 6.07. The van der Waals surface area contributed by atoms with Gasteiger partial charge in [-0.3, -0.25) is 0 Å². The Labute approximate surface area is 120 Å². The van der Waals surface area contributed by atoms with Crippen molar-refractivity contribution < 1.29 is 0 Å². The van der Waals surface area contributed by atoms with E-state index >= 15 is 0 Å². The van der Waals surface area contributed by atoms with Gasteiger partial charge in [-0.25, -0.2) is 9.67 Å². The van der Waals surface area contributed by atoms with E-state index in [1.165, 1.54) is 32.1 Å². The highest BCUT2D eigenvalue weighted by atomic mass is 15.3. The Morgan fingerprint density at radius 1 is 1.20 bits per heavy atom. The molecule has 20 heavy (non-hydrogen) atoms. The van der Waals surface area contributed by atoms with Crippen molar-refractivity contribution in [2.24, 2.45) is 5.92 Å². The Morgan fingerprint density at radius 3 is 2.80 bits per heavy atom. The third-order valence-electron chi connectivity index (χ3n) is 4.25. The van der Waals surface area contributed by atoms with Crippen LogP contribution in [0.25, 0.3) is 5.82 Å². The minimum Gasteiger partial charge on any atom is -0.379 e. The van der Waals surface area contributed by atoms with Gasteiger partial charge in [-0.15, -0.1) is 0 Å². The van der Waals surface area contributed by atoms with Gasteiger partial charge in [0.15, 0.2) is 5.82 Å². The van der Waals surface area contributed by atoms with Crippen molar-refractivity contribution in [1.29, 1.82) is 0 Å². The SMILES string of the molecule is CC(Nc1cccnc1-n1cccn1)C1CCCCC1. The lowest BCUT2D eigenvalue weighted by Gasteiger charge is -2.29. The van der Waals surface area contributed by atoms with E-state index in [0.29, 0.717) is 6.04 Å². The number of hydrogen-bond donors (Lipinski definition) is 1. The Hall–Kier alpha value is -1.84. The first-order chi connectivity index (χ1) is 9.84. The quantitative estimate of drug-likeness (QED) is 0.922. The van der Waals surface area contributed by atoms with Crippen LogP contribution in [0.2, 0.25) is 0 Å². The average Bonchev–Trinajstić information content (AvgIpc) is 3.03. The molecule has 2 aromatic rings. The molecular formula is C16H22N4. The van der Waals surface area contributed by atoms with E-state index in [2.05, 4.69) is 28.4 Å². The topological polar surface area (TPSA) is 42.7 Å². The summed E-state index contributed by atoms with van der Waals surface area (Å²) in [6, 6.07) is 6.46. The van der Waals surface area contributed by atoms with Crippen molar-refractivity contribution >= 4 is 5.69 Å². The van der Waals surface area contributed by atoms with Crippen molar-refractivity contribution in [3.05, 3.63) is 36.8 Å². The summed E-state index contributed by atoms with van der Waals surface area (Å²) in [4.78, 5) is 4.46. The molecule has 1 atom stereocenters. The zero-order chi connectivity index (χ0) is 13.8. The van der Waals surface area contributed by atoms with E-state index < -0.39 is 0 Å². The first-order valence-corrected chi connectivity index (χ1v) is 7.56. The van der Waals surface area contributed by atoms with E-state index in [9.17, 15) is 0 Å². The molecule has 1 aliphatic carbocycles. The predicted octanol–water partition coefficient (Wildman–Crippen LogP) is 3.65. The molecule has 2 heterocycles. The Morgan fingerprint density at radius 2 is 2.05 bits per heavy atom. The van der Waals surface area contributed by atoms with Gasteiger partial charge in [0.05, 0.1) is 5.69 Å². The molecular weight excluding hydrogens is 248 g/mol. The highest BCUT2D eigenvalue weighted by Crippen LogP contribution is 2.29. The van der Waals surface area contributed by atoms with Crippen molar-refractivity contribution in [2.75, 3.05) is 5.32 Å². The lowest BCUT2D eigenvalue weighted by atomic mass is 9.84. The molecule has 4 nitrogen and oxygen atoms in total. The zero-order valence-electron chi connectivity index (χ0n) is 12.0. The van der Waals surface area contributed by atoms with Crippen LogP contribution in [0.15, 0.2) is 36.8 Å². The molecule has 1 aliphatic rings. The first kappa shape index (κ1) is 13.2. The number of anilines is 1. The minimum absolute atomic E-state index is 0.480. The Kier molecular flexibility index (Phi) is 4.00. The maximum Gasteiger partial charge on any atom is 0.176 e. The second-order valence-electron chi connectivity index (χ2n) is 5.66. The van der Waals surface area contributed by atoms with Crippen molar-refractivity contribution in [1.82, 2.24) is 14.8 Å². The Bertz CT molecular complexity index is 529. The summed E-state index contributed by atoms with van der Waals surface area (Å²) in [6.07, 6.45) is 12.3. The molecule has 1 saturated carbocycles. The fraction of sp³-hybridized carbons (Fsp3) is 0.500. The van der Waals surface area contributed by atoms with Crippen molar-refractivity contribution in [2.45, 2.75) is 45.1 Å². The molecule has 0 radical (unpaired) electrons. The molecule has 0 amide bonds. The van der Waals surface area contributed by atoms with Gasteiger partial charge in [-0.05, 0) is 43.9 Å². The summed E-state index contributed by atoms with van der Waals surface area (Å²) >= 11 is 0. The third-order valence-corrected chi connectivity index (χ3v) is 4.25. The van der Waals surface area contributed by atoms with Gasteiger partial charge >= 0.3 is 0 Å². The van der Waals surface area contributed by atoms with E-state index in [1.54, 1.807) is 6.20 Å².